The van der Waals surface area contributed by atoms with Gasteiger partial charge in [0.25, 0.3) is 0 Å². The molecule has 6 nitrogen and oxygen atoms in total. The lowest BCUT2D eigenvalue weighted by Gasteiger charge is -2.22. The Balaban J connectivity index is 1.60. The molecule has 2 amide bonds. The van der Waals surface area contributed by atoms with Gasteiger partial charge in [0, 0.05) is 25.1 Å². The van der Waals surface area contributed by atoms with E-state index in [1.54, 1.807) is 6.20 Å². The van der Waals surface area contributed by atoms with E-state index in [9.17, 15) is 4.79 Å². The van der Waals surface area contributed by atoms with E-state index < -0.39 is 0 Å². The maximum absolute atomic E-state index is 12.1. The maximum atomic E-state index is 12.1. The minimum Gasteiger partial charge on any atom is -0.381 e. The van der Waals surface area contributed by atoms with Crippen LogP contribution in [-0.2, 0) is 4.74 Å². The molecule has 0 bridgehead atoms. The first-order valence-electron chi connectivity index (χ1n) is 7.88. The molecule has 1 fully saturated rings. The second-order valence-corrected chi connectivity index (χ2v) is 6.01. The number of rotatable bonds is 3. The standard InChI is InChI=1S/C17H22N4O2/c1-12-7-13(2)9-14(8-12)19-17(22)20-15-10-18-21(11-15)16-3-5-23-6-4-16/h7-11,16H,3-6H2,1-2H3,(H2,19,20,22). The van der Waals surface area contributed by atoms with Crippen molar-refractivity contribution in [1.29, 1.82) is 0 Å². The van der Waals surface area contributed by atoms with Gasteiger partial charge in [-0.3, -0.25) is 4.68 Å². The Morgan fingerprint density at radius 1 is 1.13 bits per heavy atom. The van der Waals surface area contributed by atoms with Gasteiger partial charge in [0.1, 0.15) is 0 Å². The number of hydrogen-bond acceptors (Lipinski definition) is 3. The van der Waals surface area contributed by atoms with E-state index in [4.69, 9.17) is 4.74 Å². The van der Waals surface area contributed by atoms with Crippen LogP contribution in [0.1, 0.15) is 30.0 Å². The van der Waals surface area contributed by atoms with E-state index in [2.05, 4.69) is 21.8 Å². The van der Waals surface area contributed by atoms with Crippen LogP contribution in [0.3, 0.4) is 0 Å². The minimum atomic E-state index is -0.262. The lowest BCUT2D eigenvalue weighted by molar-refractivity contribution is 0.0662. The van der Waals surface area contributed by atoms with Gasteiger partial charge < -0.3 is 15.4 Å². The number of urea groups is 1. The Morgan fingerprint density at radius 2 is 1.78 bits per heavy atom. The van der Waals surface area contributed by atoms with Crippen molar-refractivity contribution in [3.63, 3.8) is 0 Å². The third-order valence-electron chi connectivity index (χ3n) is 3.90. The Morgan fingerprint density at radius 3 is 2.48 bits per heavy atom. The number of aromatic nitrogens is 2. The molecule has 1 aromatic heterocycles. The van der Waals surface area contributed by atoms with Gasteiger partial charge in [-0.15, -0.1) is 0 Å². The molecule has 0 aliphatic carbocycles. The first-order chi connectivity index (χ1) is 11.1. The largest absolute Gasteiger partial charge is 0.381 e. The Kier molecular flexibility index (Phi) is 4.62. The highest BCUT2D eigenvalue weighted by Gasteiger charge is 2.16. The molecule has 2 N–H and O–H groups in total. The zero-order chi connectivity index (χ0) is 16.2. The summed E-state index contributed by atoms with van der Waals surface area (Å²) in [5.74, 6) is 0. The fourth-order valence-corrected chi connectivity index (χ4v) is 2.89. The number of amides is 2. The van der Waals surface area contributed by atoms with E-state index in [1.165, 1.54) is 0 Å². The van der Waals surface area contributed by atoms with Gasteiger partial charge in [0.2, 0.25) is 0 Å². The number of ether oxygens (including phenoxy) is 1. The quantitative estimate of drug-likeness (QED) is 0.911. The first kappa shape index (κ1) is 15.6. The SMILES string of the molecule is Cc1cc(C)cc(NC(=O)Nc2cnn(C3CCOCC3)c2)c1. The van der Waals surface area contributed by atoms with Crippen LogP contribution in [0.4, 0.5) is 16.2 Å². The predicted molar refractivity (Wildman–Crippen MR) is 89.9 cm³/mol. The molecule has 2 aromatic rings. The molecule has 1 saturated heterocycles. The molecule has 0 saturated carbocycles. The zero-order valence-corrected chi connectivity index (χ0v) is 13.5. The molecule has 23 heavy (non-hydrogen) atoms. The van der Waals surface area contributed by atoms with Gasteiger partial charge in [0.15, 0.2) is 0 Å². The maximum Gasteiger partial charge on any atom is 0.323 e. The average molecular weight is 314 g/mol. The molecule has 3 rings (SSSR count). The first-order valence-corrected chi connectivity index (χ1v) is 7.88. The van der Waals surface area contributed by atoms with Gasteiger partial charge in [-0.2, -0.15) is 5.10 Å². The average Bonchev–Trinajstić information content (AvgIpc) is 2.95. The van der Waals surface area contributed by atoms with E-state index in [0.717, 1.165) is 42.9 Å². The molecule has 0 radical (unpaired) electrons. The highest BCUT2D eigenvalue weighted by molar-refractivity contribution is 5.99. The number of hydrogen-bond donors (Lipinski definition) is 2. The van der Waals surface area contributed by atoms with Crippen LogP contribution in [-0.4, -0.2) is 29.0 Å². The zero-order valence-electron chi connectivity index (χ0n) is 13.5. The van der Waals surface area contributed by atoms with Crippen LogP contribution in [0, 0.1) is 13.8 Å². The third kappa shape index (κ3) is 4.10. The summed E-state index contributed by atoms with van der Waals surface area (Å²) in [6, 6.07) is 6.04. The molecule has 0 atom stereocenters. The summed E-state index contributed by atoms with van der Waals surface area (Å²) in [5, 5.41) is 10.0. The van der Waals surface area contributed by atoms with E-state index >= 15 is 0 Å². The molecule has 0 spiro atoms. The second kappa shape index (κ2) is 6.83. The molecule has 1 aromatic carbocycles. The molecule has 1 aliphatic heterocycles. The normalized spacial score (nSPS) is 15.4. The molecular weight excluding hydrogens is 292 g/mol. The summed E-state index contributed by atoms with van der Waals surface area (Å²) < 4.78 is 7.27. The van der Waals surface area contributed by atoms with E-state index in [-0.39, 0.29) is 6.03 Å². The van der Waals surface area contributed by atoms with Crippen molar-refractivity contribution in [2.75, 3.05) is 23.8 Å². The summed E-state index contributed by atoms with van der Waals surface area (Å²) in [6.07, 6.45) is 5.46. The van der Waals surface area contributed by atoms with Crippen LogP contribution in [0.2, 0.25) is 0 Å². The van der Waals surface area contributed by atoms with E-state index in [0.29, 0.717) is 11.7 Å². The fraction of sp³-hybridized carbons (Fsp3) is 0.412. The van der Waals surface area contributed by atoms with Crippen LogP contribution < -0.4 is 10.6 Å². The molecule has 2 heterocycles. The van der Waals surface area contributed by atoms with Gasteiger partial charge in [-0.1, -0.05) is 6.07 Å². The van der Waals surface area contributed by atoms with Crippen LogP contribution >= 0.6 is 0 Å². The van der Waals surface area contributed by atoms with Gasteiger partial charge in [-0.05, 0) is 49.9 Å². The van der Waals surface area contributed by atoms with Crippen LogP contribution in [0.15, 0.2) is 30.6 Å². The Labute approximate surface area is 135 Å². The topological polar surface area (TPSA) is 68.2 Å². The molecular formula is C17H22N4O2. The summed E-state index contributed by atoms with van der Waals surface area (Å²) in [6.45, 7) is 5.54. The lowest BCUT2D eigenvalue weighted by Crippen LogP contribution is -2.20. The van der Waals surface area contributed by atoms with Crippen molar-refractivity contribution in [2.45, 2.75) is 32.7 Å². The monoisotopic (exact) mass is 314 g/mol. The highest BCUT2D eigenvalue weighted by Crippen LogP contribution is 2.21. The van der Waals surface area contributed by atoms with Crippen LogP contribution in [0.25, 0.3) is 0 Å². The smallest absolute Gasteiger partial charge is 0.323 e. The summed E-state index contributed by atoms with van der Waals surface area (Å²) >= 11 is 0. The Hall–Kier alpha value is -2.34. The van der Waals surface area contributed by atoms with Crippen molar-refractivity contribution < 1.29 is 9.53 Å². The van der Waals surface area contributed by atoms with Gasteiger partial charge >= 0.3 is 6.03 Å². The number of anilines is 2. The van der Waals surface area contributed by atoms with Gasteiger partial charge in [-0.25, -0.2) is 4.79 Å². The fourth-order valence-electron chi connectivity index (χ4n) is 2.89. The second-order valence-electron chi connectivity index (χ2n) is 6.01. The Bertz CT molecular complexity index is 669. The van der Waals surface area contributed by atoms with Crippen molar-refractivity contribution in [3.05, 3.63) is 41.7 Å². The summed E-state index contributed by atoms with van der Waals surface area (Å²) in [7, 11) is 0. The molecule has 1 aliphatic rings. The highest BCUT2D eigenvalue weighted by atomic mass is 16.5. The van der Waals surface area contributed by atoms with Crippen molar-refractivity contribution in [1.82, 2.24) is 9.78 Å². The number of benzene rings is 1. The number of carbonyl (C=O) groups excluding carboxylic acids is 1. The predicted octanol–water partition coefficient (Wildman–Crippen LogP) is 3.50. The number of nitrogens with zero attached hydrogens (tertiary/aromatic N) is 2. The lowest BCUT2D eigenvalue weighted by atomic mass is 10.1. The van der Waals surface area contributed by atoms with Crippen molar-refractivity contribution in [3.8, 4) is 0 Å². The number of carbonyl (C=O) groups is 1. The number of aryl methyl sites for hydroxylation is 2. The molecule has 0 unspecified atom stereocenters. The minimum absolute atomic E-state index is 0.262. The van der Waals surface area contributed by atoms with Crippen molar-refractivity contribution in [2.24, 2.45) is 0 Å². The number of nitrogens with one attached hydrogen (secondary N) is 2. The molecule has 6 heteroatoms. The van der Waals surface area contributed by atoms with E-state index in [1.807, 2.05) is 36.9 Å². The third-order valence-corrected chi connectivity index (χ3v) is 3.90. The van der Waals surface area contributed by atoms with Crippen LogP contribution in [0.5, 0.6) is 0 Å². The summed E-state index contributed by atoms with van der Waals surface area (Å²) in [5.41, 5.74) is 3.72. The summed E-state index contributed by atoms with van der Waals surface area (Å²) in [4.78, 5) is 12.1. The molecule has 122 valence electrons. The van der Waals surface area contributed by atoms with Gasteiger partial charge in [0.05, 0.1) is 17.9 Å². The van der Waals surface area contributed by atoms with Crippen molar-refractivity contribution >= 4 is 17.4 Å².